The number of hydrogen-bond acceptors (Lipinski definition) is 14. The van der Waals surface area contributed by atoms with Crippen LogP contribution >= 0.6 is 0 Å². The molecule has 0 radical (unpaired) electrons. The molecule has 1 aliphatic heterocycles. The molecule has 63 heavy (non-hydrogen) atoms. The average Bonchev–Trinajstić information content (AvgIpc) is 3.25. The van der Waals surface area contributed by atoms with Gasteiger partial charge in [0.2, 0.25) is 0 Å². The van der Waals surface area contributed by atoms with Crippen LogP contribution in [0.5, 0.6) is 0 Å². The number of benzene rings is 3. The van der Waals surface area contributed by atoms with Crippen molar-refractivity contribution in [2.75, 3.05) is 13.7 Å². The van der Waals surface area contributed by atoms with Gasteiger partial charge in [0.05, 0.1) is 35.6 Å². The summed E-state index contributed by atoms with van der Waals surface area (Å²) in [6.07, 6.45) is -10.5. The molecule has 15 nitrogen and oxygen atoms in total. The van der Waals surface area contributed by atoms with Gasteiger partial charge in [-0.25, -0.2) is 9.59 Å². The number of fused-ring (bicyclic) bond motifs is 5. The van der Waals surface area contributed by atoms with E-state index in [9.17, 15) is 39.3 Å². The predicted octanol–water partition coefficient (Wildman–Crippen LogP) is 4.08. The summed E-state index contributed by atoms with van der Waals surface area (Å²) in [6.45, 7) is 8.00. The minimum Gasteiger partial charge on any atom is -0.456 e. The van der Waals surface area contributed by atoms with Crippen LogP contribution in [0.25, 0.3) is 0 Å². The molecule has 15 heteroatoms. The molecule has 3 N–H and O–H groups in total. The fraction of sp³-hybridized carbons (Fsp3) is 0.458. The maximum Gasteiger partial charge on any atom is 0.338 e. The first kappa shape index (κ1) is 45.3. The van der Waals surface area contributed by atoms with Gasteiger partial charge in [0.15, 0.2) is 23.6 Å². The van der Waals surface area contributed by atoms with E-state index in [0.29, 0.717) is 11.1 Å². The first-order valence-electron chi connectivity index (χ1n) is 20.9. The van der Waals surface area contributed by atoms with Gasteiger partial charge in [0.1, 0.15) is 23.9 Å². The third-order valence-electron chi connectivity index (χ3n) is 13.9. The second kappa shape index (κ2) is 16.8. The largest absolute Gasteiger partial charge is 0.456 e. The lowest BCUT2D eigenvalue weighted by molar-refractivity contribution is -0.346. The van der Waals surface area contributed by atoms with Crippen LogP contribution in [0.15, 0.2) is 102 Å². The minimum absolute atomic E-state index is 0.000812. The number of carbonyl (C=O) groups excluding carboxylic acids is 6. The third kappa shape index (κ3) is 7.43. The van der Waals surface area contributed by atoms with Crippen molar-refractivity contribution in [2.24, 2.45) is 16.7 Å². The maximum absolute atomic E-state index is 15.5. The summed E-state index contributed by atoms with van der Waals surface area (Å²) >= 11 is 0. The number of ketones is 1. The molecule has 11 unspecified atom stereocenters. The van der Waals surface area contributed by atoms with E-state index in [1.807, 2.05) is 0 Å². The molecule has 334 valence electrons. The van der Waals surface area contributed by atoms with Crippen LogP contribution in [0.2, 0.25) is 0 Å². The van der Waals surface area contributed by atoms with E-state index in [0.717, 1.165) is 13.8 Å². The van der Waals surface area contributed by atoms with Gasteiger partial charge in [-0.1, -0.05) is 80.6 Å². The van der Waals surface area contributed by atoms with Crippen molar-refractivity contribution in [3.8, 4) is 0 Å². The fourth-order valence-electron chi connectivity index (χ4n) is 10.5. The van der Waals surface area contributed by atoms with Gasteiger partial charge in [-0.3, -0.25) is 19.2 Å². The molecule has 11 atom stereocenters. The maximum atomic E-state index is 15.5. The zero-order valence-corrected chi connectivity index (χ0v) is 36.2. The Balaban J connectivity index is 1.40. The molecule has 0 aromatic heterocycles. The molecule has 1 saturated heterocycles. The summed E-state index contributed by atoms with van der Waals surface area (Å²) in [6, 6.07) is 23.2. The molecule has 3 aromatic rings. The summed E-state index contributed by atoms with van der Waals surface area (Å²) in [7, 11) is 1.44. The molecular formula is C48H53NO14. The zero-order valence-electron chi connectivity index (χ0n) is 36.2. The van der Waals surface area contributed by atoms with Gasteiger partial charge < -0.3 is 43.9 Å². The van der Waals surface area contributed by atoms with Gasteiger partial charge in [0.25, 0.3) is 5.91 Å². The summed E-state index contributed by atoms with van der Waals surface area (Å²) in [5, 5.41) is 37.8. The number of Topliss-reactive ketones (excluding diaryl/α,β-unsaturated/α-hetero) is 1. The number of amides is 1. The van der Waals surface area contributed by atoms with Gasteiger partial charge in [-0.15, -0.1) is 0 Å². The van der Waals surface area contributed by atoms with Gasteiger partial charge in [0, 0.05) is 44.7 Å². The molecule has 3 aromatic carbocycles. The first-order valence-corrected chi connectivity index (χ1v) is 20.9. The highest BCUT2D eigenvalue weighted by Gasteiger charge is 2.78. The SMILES string of the molecule is CC(=O)OC1C(=O)C2(C)C(O)CC3OCC3(OC(C)=O)C2C(OC(=O)c2ccccc2)C2(O)CC(OC(=O)C(O)C(c3ccccc3)N(C)C(=O)c3ccccc3)C(C)=C1C2(C)C. The monoisotopic (exact) mass is 867 g/mol. The summed E-state index contributed by atoms with van der Waals surface area (Å²) in [4.78, 5) is 85.3. The van der Waals surface area contributed by atoms with Crippen molar-refractivity contribution in [3.63, 3.8) is 0 Å². The van der Waals surface area contributed by atoms with Crippen LogP contribution in [-0.2, 0) is 42.9 Å². The van der Waals surface area contributed by atoms with E-state index in [1.165, 1.54) is 37.9 Å². The quantitative estimate of drug-likeness (QED) is 0.149. The average molecular weight is 868 g/mol. The zero-order chi connectivity index (χ0) is 45.8. The van der Waals surface area contributed by atoms with Crippen molar-refractivity contribution in [1.82, 2.24) is 4.90 Å². The Morgan fingerprint density at radius 3 is 1.94 bits per heavy atom. The van der Waals surface area contributed by atoms with E-state index in [-0.39, 0.29) is 29.7 Å². The lowest BCUT2D eigenvalue weighted by Gasteiger charge is -2.67. The molecule has 4 aliphatic rings. The lowest BCUT2D eigenvalue weighted by atomic mass is 9.44. The number of rotatable bonds is 10. The number of carbonyl (C=O) groups is 6. The van der Waals surface area contributed by atoms with E-state index < -0.39 is 113 Å². The predicted molar refractivity (Wildman–Crippen MR) is 222 cm³/mol. The van der Waals surface area contributed by atoms with Crippen LogP contribution in [0, 0.1) is 16.7 Å². The highest BCUT2D eigenvalue weighted by Crippen LogP contribution is 2.64. The smallest absolute Gasteiger partial charge is 0.338 e. The Labute approximate surface area is 364 Å². The van der Waals surface area contributed by atoms with Gasteiger partial charge >= 0.3 is 23.9 Å². The number of aliphatic hydroxyl groups excluding tert-OH is 2. The van der Waals surface area contributed by atoms with Gasteiger partial charge in [-0.2, -0.15) is 0 Å². The van der Waals surface area contributed by atoms with Gasteiger partial charge in [-0.05, 0) is 54.8 Å². The Bertz CT molecular complexity index is 2320. The number of aliphatic hydroxyl groups is 3. The number of ether oxygens (including phenoxy) is 5. The lowest BCUT2D eigenvalue weighted by Crippen LogP contribution is -2.82. The highest BCUT2D eigenvalue weighted by molar-refractivity contribution is 5.96. The Kier molecular flexibility index (Phi) is 12.0. The molecule has 2 bridgehead atoms. The van der Waals surface area contributed by atoms with Crippen molar-refractivity contribution in [2.45, 2.75) is 108 Å². The molecule has 0 spiro atoms. The minimum atomic E-state index is -2.39. The molecule has 2 saturated carbocycles. The Morgan fingerprint density at radius 2 is 1.40 bits per heavy atom. The highest BCUT2D eigenvalue weighted by atomic mass is 16.6. The molecule has 1 amide bonds. The van der Waals surface area contributed by atoms with E-state index in [2.05, 4.69) is 0 Å². The molecule has 7 rings (SSSR count). The normalized spacial score (nSPS) is 31.6. The van der Waals surface area contributed by atoms with E-state index >= 15 is 4.79 Å². The standard InChI is InChI=1S/C48H53NO14/c1-26-32(61-44(57)37(53)36(29-17-11-8-12-18-29)49(7)42(55)30-19-13-9-14-20-30)24-48(58)41(62-43(56)31-21-15-10-16-22-31)39-46(6,33(52)23-34-47(39,25-59-34)63-28(3)51)40(54)38(60-27(2)50)35(26)45(48,4)5/h8-22,32-34,36-39,41,52-53,58H,23-25H2,1-7H3. The van der Waals surface area contributed by atoms with Crippen LogP contribution in [0.3, 0.4) is 0 Å². The molecule has 3 fully saturated rings. The van der Waals surface area contributed by atoms with Crippen LogP contribution < -0.4 is 0 Å². The number of likely N-dealkylation sites (N-methyl/N-ethyl adjacent to an activating group) is 1. The summed E-state index contributed by atoms with van der Waals surface area (Å²) < 4.78 is 30.4. The molecular weight excluding hydrogens is 815 g/mol. The van der Waals surface area contributed by atoms with Crippen molar-refractivity contribution < 1.29 is 67.8 Å². The van der Waals surface area contributed by atoms with Crippen molar-refractivity contribution in [3.05, 3.63) is 119 Å². The van der Waals surface area contributed by atoms with E-state index in [4.69, 9.17) is 23.7 Å². The van der Waals surface area contributed by atoms with Crippen LogP contribution in [-0.4, -0.2) is 117 Å². The summed E-state index contributed by atoms with van der Waals surface area (Å²) in [5.41, 5.74) is -6.94. The third-order valence-corrected chi connectivity index (χ3v) is 13.9. The number of hydrogen-bond donors (Lipinski definition) is 3. The fourth-order valence-corrected chi connectivity index (χ4v) is 10.5. The second-order valence-corrected chi connectivity index (χ2v) is 17.8. The van der Waals surface area contributed by atoms with E-state index in [1.54, 1.807) is 92.7 Å². The topological polar surface area (TPSA) is 212 Å². The molecule has 1 heterocycles. The number of esters is 4. The first-order chi connectivity index (χ1) is 29.7. The van der Waals surface area contributed by atoms with Crippen LogP contribution in [0.4, 0.5) is 0 Å². The molecule has 3 aliphatic carbocycles. The van der Waals surface area contributed by atoms with Crippen molar-refractivity contribution >= 4 is 35.6 Å². The Morgan fingerprint density at radius 1 is 0.825 bits per heavy atom. The van der Waals surface area contributed by atoms with Crippen LogP contribution in [0.1, 0.15) is 86.7 Å². The summed E-state index contributed by atoms with van der Waals surface area (Å²) in [5.74, 6) is -6.73. The number of nitrogens with zero attached hydrogens (tertiary/aromatic N) is 1. The Hall–Kier alpha value is -5.74. The van der Waals surface area contributed by atoms with Crippen molar-refractivity contribution in [1.29, 1.82) is 0 Å². The second-order valence-electron chi connectivity index (χ2n) is 17.8.